The van der Waals surface area contributed by atoms with Gasteiger partial charge in [-0.1, -0.05) is 309 Å². The lowest BCUT2D eigenvalue weighted by Crippen LogP contribution is -2.61. The number of fused-ring (bicyclic) bond motifs is 10. The average Bonchev–Trinajstić information content (AvgIpc) is 1.33. The van der Waals surface area contributed by atoms with E-state index in [9.17, 15) is 0 Å². The van der Waals surface area contributed by atoms with E-state index in [0.717, 1.165) is 167 Å². The Balaban J connectivity index is 0.904. The van der Waals surface area contributed by atoms with Crippen LogP contribution in [0.5, 0.6) is 0 Å². The highest BCUT2D eigenvalue weighted by atomic mass is 16.3. The zero-order valence-electron chi connectivity index (χ0n) is 51.7. The fraction of sp³-hybridized carbons (Fsp3) is 0. The van der Waals surface area contributed by atoms with Gasteiger partial charge in [-0.15, -0.1) is 0 Å². The lowest BCUT2D eigenvalue weighted by atomic mass is 9.33. The van der Waals surface area contributed by atoms with Crippen LogP contribution in [0, 0.1) is 0 Å². The molecule has 0 bridgehead atoms. The van der Waals surface area contributed by atoms with Gasteiger partial charge in [0.05, 0.1) is 11.4 Å². The molecule has 0 radical (unpaired) electrons. The molecule has 0 amide bonds. The zero-order chi connectivity index (χ0) is 62.5. The van der Waals surface area contributed by atoms with E-state index in [2.05, 4.69) is 356 Å². The maximum absolute atomic E-state index is 6.89. The first-order valence-corrected chi connectivity index (χ1v) is 32.7. The van der Waals surface area contributed by atoms with Crippen LogP contribution in [0.4, 0.5) is 34.1 Å². The van der Waals surface area contributed by atoms with Gasteiger partial charge in [0.25, 0.3) is 6.71 Å². The molecule has 442 valence electrons. The number of furan rings is 2. The van der Waals surface area contributed by atoms with Crippen molar-refractivity contribution in [3.8, 4) is 89.0 Å². The van der Waals surface area contributed by atoms with Gasteiger partial charge in [0.15, 0.2) is 0 Å². The first-order valence-electron chi connectivity index (χ1n) is 32.7. The number of anilines is 6. The van der Waals surface area contributed by atoms with Crippen molar-refractivity contribution in [3.05, 3.63) is 346 Å². The van der Waals surface area contributed by atoms with Crippen LogP contribution in [-0.2, 0) is 0 Å². The molecule has 0 N–H and O–H groups in total. The van der Waals surface area contributed by atoms with Crippen LogP contribution in [0.3, 0.4) is 0 Å². The van der Waals surface area contributed by atoms with Crippen LogP contribution >= 0.6 is 0 Å². The van der Waals surface area contributed by atoms with E-state index >= 15 is 0 Å². The Morgan fingerprint density at radius 2 is 0.474 bits per heavy atom. The minimum Gasteiger partial charge on any atom is -0.455 e. The predicted molar refractivity (Wildman–Crippen MR) is 399 cm³/mol. The molecule has 0 unspecified atom stereocenters. The van der Waals surface area contributed by atoms with Gasteiger partial charge in [-0.25, -0.2) is 0 Å². The number of benzene rings is 15. The summed E-state index contributed by atoms with van der Waals surface area (Å²) in [5, 5.41) is 4.39. The van der Waals surface area contributed by atoms with Crippen LogP contribution in [0.2, 0.25) is 0 Å². The van der Waals surface area contributed by atoms with Crippen molar-refractivity contribution in [2.75, 3.05) is 9.80 Å². The zero-order valence-corrected chi connectivity index (χ0v) is 51.7. The van der Waals surface area contributed by atoms with Gasteiger partial charge < -0.3 is 18.6 Å². The summed E-state index contributed by atoms with van der Waals surface area (Å²) in [5.74, 6) is 0. The molecule has 0 fully saturated rings. The molecule has 17 aromatic rings. The number of rotatable bonds is 10. The fourth-order valence-corrected chi connectivity index (χ4v) is 15.8. The van der Waals surface area contributed by atoms with Gasteiger partial charge >= 0.3 is 0 Å². The molecule has 2 aliphatic rings. The molecular weight excluding hydrogens is 1150 g/mol. The highest BCUT2D eigenvalue weighted by Gasteiger charge is 2.45. The summed E-state index contributed by atoms with van der Waals surface area (Å²) in [6.45, 7) is -0.142. The van der Waals surface area contributed by atoms with E-state index < -0.39 is 0 Å². The maximum atomic E-state index is 6.89. The Morgan fingerprint density at radius 1 is 0.200 bits per heavy atom. The van der Waals surface area contributed by atoms with E-state index in [1.807, 2.05) is 0 Å². The highest BCUT2D eigenvalue weighted by Crippen LogP contribution is 2.56. The SMILES string of the molecule is c1ccc(-c2ccccc2-c2cccc(-c3ccccc3-c3cccc4c3oc3ccccc34)c2N2c3ccccc3B3c4ccccc4N(c4c(-c5ccccc5-c5ccccc5)cccc4-c4ccccc4-c4cccc5c4oc4ccccc45)c4cccc2c43)cc1. The van der Waals surface area contributed by atoms with Crippen LogP contribution in [-0.4, -0.2) is 6.71 Å². The molecule has 0 spiro atoms. The highest BCUT2D eigenvalue weighted by molar-refractivity contribution is 7.00. The predicted octanol–water partition coefficient (Wildman–Crippen LogP) is 22.9. The second-order valence-corrected chi connectivity index (χ2v) is 24.8. The van der Waals surface area contributed by atoms with Crippen molar-refractivity contribution in [1.82, 2.24) is 0 Å². The molecular formula is C90H57BN2O2. The summed E-state index contributed by atoms with van der Waals surface area (Å²) in [5.41, 5.74) is 31.5. The van der Waals surface area contributed by atoms with Crippen molar-refractivity contribution >= 4 is 101 Å². The van der Waals surface area contributed by atoms with Gasteiger partial charge in [0, 0.05) is 77.7 Å². The lowest BCUT2D eigenvalue weighted by molar-refractivity contribution is 0.669. The first-order chi connectivity index (χ1) is 47.2. The first kappa shape index (κ1) is 54.3. The Hall–Kier alpha value is -12.4. The minimum atomic E-state index is -0.142. The third-order valence-electron chi connectivity index (χ3n) is 19.8. The summed E-state index contributed by atoms with van der Waals surface area (Å²) in [6, 6.07) is 127. The molecule has 4 heterocycles. The lowest BCUT2D eigenvalue weighted by Gasteiger charge is -2.45. The van der Waals surface area contributed by atoms with E-state index in [-0.39, 0.29) is 6.71 Å². The number of nitrogens with zero attached hydrogens (tertiary/aromatic N) is 2. The molecule has 0 aliphatic carbocycles. The van der Waals surface area contributed by atoms with E-state index in [4.69, 9.17) is 8.83 Å². The van der Waals surface area contributed by atoms with Gasteiger partial charge in [-0.05, 0) is 108 Å². The van der Waals surface area contributed by atoms with Crippen LogP contribution in [0.15, 0.2) is 355 Å². The largest absolute Gasteiger partial charge is 0.455 e. The van der Waals surface area contributed by atoms with E-state index in [1.54, 1.807) is 0 Å². The molecule has 0 saturated heterocycles. The topological polar surface area (TPSA) is 32.8 Å². The molecule has 4 nitrogen and oxygen atoms in total. The molecule has 19 rings (SSSR count). The molecule has 95 heavy (non-hydrogen) atoms. The molecule has 2 aromatic heterocycles. The van der Waals surface area contributed by atoms with Gasteiger partial charge in [0.2, 0.25) is 0 Å². The minimum absolute atomic E-state index is 0.142. The normalized spacial score (nSPS) is 12.4. The summed E-state index contributed by atoms with van der Waals surface area (Å²) in [4.78, 5) is 5.23. The van der Waals surface area contributed by atoms with Crippen molar-refractivity contribution in [3.63, 3.8) is 0 Å². The molecule has 0 atom stereocenters. The van der Waals surface area contributed by atoms with Crippen molar-refractivity contribution in [1.29, 1.82) is 0 Å². The Morgan fingerprint density at radius 3 is 0.895 bits per heavy atom. The van der Waals surface area contributed by atoms with E-state index in [0.29, 0.717) is 0 Å². The number of hydrogen-bond donors (Lipinski definition) is 0. The average molecular weight is 1210 g/mol. The van der Waals surface area contributed by atoms with Gasteiger partial charge in [0.1, 0.15) is 22.3 Å². The Bertz CT molecular complexity index is 5550. The summed E-state index contributed by atoms with van der Waals surface area (Å²) in [6.07, 6.45) is 0. The van der Waals surface area contributed by atoms with Crippen molar-refractivity contribution in [2.45, 2.75) is 0 Å². The summed E-state index contributed by atoms with van der Waals surface area (Å²) in [7, 11) is 0. The number of para-hydroxylation sites is 8. The van der Waals surface area contributed by atoms with Crippen molar-refractivity contribution in [2.24, 2.45) is 0 Å². The molecule has 15 aromatic carbocycles. The number of hydrogen-bond acceptors (Lipinski definition) is 4. The van der Waals surface area contributed by atoms with Gasteiger partial charge in [-0.3, -0.25) is 0 Å². The summed E-state index contributed by atoms with van der Waals surface area (Å²) < 4.78 is 13.8. The molecule has 5 heteroatoms. The van der Waals surface area contributed by atoms with E-state index in [1.165, 1.54) is 16.4 Å². The third kappa shape index (κ3) is 8.56. The monoisotopic (exact) mass is 1210 g/mol. The maximum Gasteiger partial charge on any atom is 0.252 e. The smallest absolute Gasteiger partial charge is 0.252 e. The van der Waals surface area contributed by atoms with Crippen molar-refractivity contribution < 1.29 is 8.83 Å². The third-order valence-corrected chi connectivity index (χ3v) is 19.8. The van der Waals surface area contributed by atoms with Crippen LogP contribution < -0.4 is 26.2 Å². The molecule has 2 aliphatic heterocycles. The Kier molecular flexibility index (Phi) is 12.7. The summed E-state index contributed by atoms with van der Waals surface area (Å²) >= 11 is 0. The second kappa shape index (κ2) is 22.2. The Labute approximate surface area is 551 Å². The second-order valence-electron chi connectivity index (χ2n) is 24.8. The molecule has 0 saturated carbocycles. The van der Waals surface area contributed by atoms with Crippen LogP contribution in [0.1, 0.15) is 0 Å². The fourth-order valence-electron chi connectivity index (χ4n) is 15.8. The van der Waals surface area contributed by atoms with Crippen LogP contribution in [0.25, 0.3) is 133 Å². The quantitative estimate of drug-likeness (QED) is 0.128. The standard InChI is InChI=1S/C90H57BN2O2/c1-3-28-58(29-4-1)60-32-7-9-34-62(60)70-42-23-44-72(64-36-11-13-38-66(64)74-46-25-48-76-68-40-15-21-56-84(68)94-89(74)76)87(70)92-80-52-19-17-50-78(80)91-79-51-18-20-53-81(79)93(83-55-27-54-82(92)86(83)91)88-71(63-35-10-8-33-61(63)59-30-5-2-6-31-59)43-24-45-73(88)65-37-12-14-39-67(65)75-47-26-49-77-69-41-16-22-57-85(69)95-90(75)77/h1-57H. The van der Waals surface area contributed by atoms with Gasteiger partial charge in [-0.2, -0.15) is 0 Å².